The fraction of sp³-hybridized carbons (Fsp3) is 0.500. The predicted octanol–water partition coefficient (Wildman–Crippen LogP) is 1.58. The number of nitrogens with zero attached hydrogens (tertiary/aromatic N) is 3. The molecule has 1 aromatic rings. The van der Waals surface area contributed by atoms with Crippen molar-refractivity contribution in [2.45, 2.75) is 6.04 Å². The summed E-state index contributed by atoms with van der Waals surface area (Å²) in [6.45, 7) is 2.51. The molecule has 20 heavy (non-hydrogen) atoms. The molecule has 1 saturated heterocycles. The molecule has 2 N–H and O–H groups in total. The van der Waals surface area contributed by atoms with Crippen molar-refractivity contribution >= 4 is 27.3 Å². The lowest BCUT2D eigenvalue weighted by Gasteiger charge is -2.40. The largest absolute Gasteiger partial charge is 0.359 e. The van der Waals surface area contributed by atoms with Gasteiger partial charge in [-0.25, -0.2) is 4.39 Å². The Kier molecular flexibility index (Phi) is 4.56. The van der Waals surface area contributed by atoms with Gasteiger partial charge in [0.25, 0.3) is 5.69 Å². The number of nitrogens with two attached hydrogens (primary N) is 1. The third kappa shape index (κ3) is 2.92. The van der Waals surface area contributed by atoms with Crippen LogP contribution in [0.4, 0.5) is 15.8 Å². The summed E-state index contributed by atoms with van der Waals surface area (Å²) in [5.41, 5.74) is 5.94. The number of piperazine rings is 1. The molecule has 0 amide bonds. The molecule has 1 heterocycles. The van der Waals surface area contributed by atoms with E-state index in [2.05, 4.69) is 20.8 Å². The summed E-state index contributed by atoms with van der Waals surface area (Å²) in [6.07, 6.45) is 0. The summed E-state index contributed by atoms with van der Waals surface area (Å²) in [4.78, 5) is 14.6. The molecular formula is C12H16BrFN4O2. The zero-order valence-electron chi connectivity index (χ0n) is 11.1. The van der Waals surface area contributed by atoms with Crippen LogP contribution in [0.15, 0.2) is 16.6 Å². The van der Waals surface area contributed by atoms with Crippen LogP contribution in [0.2, 0.25) is 0 Å². The first-order valence-electron chi connectivity index (χ1n) is 6.22. The van der Waals surface area contributed by atoms with Gasteiger partial charge in [0.15, 0.2) is 0 Å². The lowest BCUT2D eigenvalue weighted by molar-refractivity contribution is -0.384. The number of hydrogen-bond donors (Lipinski definition) is 1. The van der Waals surface area contributed by atoms with Gasteiger partial charge in [-0.2, -0.15) is 0 Å². The van der Waals surface area contributed by atoms with Crippen molar-refractivity contribution in [2.24, 2.45) is 5.73 Å². The van der Waals surface area contributed by atoms with E-state index < -0.39 is 10.7 Å². The van der Waals surface area contributed by atoms with Crippen LogP contribution in [0.25, 0.3) is 0 Å². The normalized spacial score (nSPS) is 20.2. The zero-order valence-corrected chi connectivity index (χ0v) is 12.6. The Balaban J connectivity index is 2.45. The summed E-state index contributed by atoms with van der Waals surface area (Å²) in [7, 11) is 1.98. The number of nitro benzene ring substituents is 1. The summed E-state index contributed by atoms with van der Waals surface area (Å²) in [5.74, 6) is -0.640. The van der Waals surface area contributed by atoms with Gasteiger partial charge in [0.05, 0.1) is 21.5 Å². The molecule has 1 atom stereocenters. The Morgan fingerprint density at radius 3 is 2.85 bits per heavy atom. The Hall–Kier alpha value is -1.25. The Labute approximate surface area is 124 Å². The highest BCUT2D eigenvalue weighted by Crippen LogP contribution is 2.35. The molecule has 0 aromatic heterocycles. The van der Waals surface area contributed by atoms with Crippen molar-refractivity contribution in [1.82, 2.24) is 4.90 Å². The monoisotopic (exact) mass is 346 g/mol. The molecule has 110 valence electrons. The number of rotatable bonds is 3. The summed E-state index contributed by atoms with van der Waals surface area (Å²) < 4.78 is 13.7. The summed E-state index contributed by atoms with van der Waals surface area (Å²) in [5, 5.41) is 11.1. The van der Waals surface area contributed by atoms with Crippen LogP contribution < -0.4 is 10.6 Å². The average Bonchev–Trinajstić information content (AvgIpc) is 2.41. The molecule has 1 aliphatic heterocycles. The lowest BCUT2D eigenvalue weighted by atomic mass is 10.1. The Bertz CT molecular complexity index is 528. The van der Waals surface area contributed by atoms with Gasteiger partial charge in [-0.3, -0.25) is 10.1 Å². The van der Waals surface area contributed by atoms with Crippen LogP contribution in [-0.2, 0) is 0 Å². The quantitative estimate of drug-likeness (QED) is 0.664. The average molecular weight is 347 g/mol. The Morgan fingerprint density at radius 1 is 1.55 bits per heavy atom. The van der Waals surface area contributed by atoms with Crippen molar-refractivity contribution in [2.75, 3.05) is 38.1 Å². The van der Waals surface area contributed by atoms with E-state index >= 15 is 0 Å². The van der Waals surface area contributed by atoms with E-state index in [1.807, 2.05) is 11.9 Å². The third-order valence-corrected chi connectivity index (χ3v) is 4.09. The minimum atomic E-state index is -0.640. The maximum atomic E-state index is 13.5. The molecule has 0 saturated carbocycles. The molecule has 6 nitrogen and oxygen atoms in total. The second kappa shape index (κ2) is 6.02. The highest BCUT2D eigenvalue weighted by Gasteiger charge is 2.30. The predicted molar refractivity (Wildman–Crippen MR) is 78.4 cm³/mol. The SMILES string of the molecule is CN1CCN(c2cc(Br)c(F)cc2[N+](=O)[O-])C(CN)C1. The maximum Gasteiger partial charge on any atom is 0.295 e. The highest BCUT2D eigenvalue weighted by atomic mass is 79.9. The van der Waals surface area contributed by atoms with Crippen LogP contribution in [0.5, 0.6) is 0 Å². The fourth-order valence-electron chi connectivity index (χ4n) is 2.43. The van der Waals surface area contributed by atoms with Crippen molar-refractivity contribution in [3.05, 3.63) is 32.5 Å². The fourth-order valence-corrected chi connectivity index (χ4v) is 2.76. The van der Waals surface area contributed by atoms with Crippen molar-refractivity contribution < 1.29 is 9.31 Å². The molecule has 8 heteroatoms. The first-order chi connectivity index (χ1) is 9.43. The first-order valence-corrected chi connectivity index (χ1v) is 7.02. The smallest absolute Gasteiger partial charge is 0.295 e. The van der Waals surface area contributed by atoms with E-state index in [1.54, 1.807) is 0 Å². The van der Waals surface area contributed by atoms with E-state index in [1.165, 1.54) is 6.07 Å². The van der Waals surface area contributed by atoms with Gasteiger partial charge in [0.1, 0.15) is 11.5 Å². The molecule has 0 radical (unpaired) electrons. The van der Waals surface area contributed by atoms with Gasteiger partial charge < -0.3 is 15.5 Å². The number of hydrogen-bond acceptors (Lipinski definition) is 5. The standard InChI is InChI=1S/C12H16BrFN4O2/c1-16-2-3-17(8(6-15)7-16)11-4-9(13)10(14)5-12(11)18(19)20/h4-5,8H,2-3,6-7,15H2,1H3. The molecule has 1 aliphatic rings. The summed E-state index contributed by atoms with van der Waals surface area (Å²) >= 11 is 3.08. The van der Waals surface area contributed by atoms with Gasteiger partial charge in [-0.1, -0.05) is 0 Å². The van der Waals surface area contributed by atoms with Crippen molar-refractivity contribution in [3.63, 3.8) is 0 Å². The first kappa shape index (κ1) is 15.1. The number of benzene rings is 1. The minimum Gasteiger partial charge on any atom is -0.359 e. The van der Waals surface area contributed by atoms with Crippen LogP contribution in [0.3, 0.4) is 0 Å². The Morgan fingerprint density at radius 2 is 2.25 bits per heavy atom. The van der Waals surface area contributed by atoms with E-state index in [0.29, 0.717) is 18.8 Å². The van der Waals surface area contributed by atoms with E-state index in [9.17, 15) is 14.5 Å². The number of likely N-dealkylation sites (N-methyl/N-ethyl adjacent to an activating group) is 1. The number of halogens is 2. The van der Waals surface area contributed by atoms with Crippen molar-refractivity contribution in [1.29, 1.82) is 0 Å². The van der Waals surface area contributed by atoms with Crippen LogP contribution in [0, 0.1) is 15.9 Å². The van der Waals surface area contributed by atoms with Gasteiger partial charge in [0.2, 0.25) is 0 Å². The van der Waals surface area contributed by atoms with Gasteiger partial charge >= 0.3 is 0 Å². The van der Waals surface area contributed by atoms with Crippen molar-refractivity contribution in [3.8, 4) is 0 Å². The third-order valence-electron chi connectivity index (χ3n) is 3.48. The molecule has 1 fully saturated rings. The molecule has 0 spiro atoms. The van der Waals surface area contributed by atoms with Crippen LogP contribution >= 0.6 is 15.9 Å². The number of nitro groups is 1. The van der Waals surface area contributed by atoms with Gasteiger partial charge in [-0.15, -0.1) is 0 Å². The van der Waals surface area contributed by atoms with Crippen LogP contribution in [-0.4, -0.2) is 49.1 Å². The van der Waals surface area contributed by atoms with Gasteiger partial charge in [0, 0.05) is 26.2 Å². The van der Waals surface area contributed by atoms with E-state index in [0.717, 1.165) is 19.2 Å². The highest BCUT2D eigenvalue weighted by molar-refractivity contribution is 9.10. The van der Waals surface area contributed by atoms with E-state index in [4.69, 9.17) is 5.73 Å². The maximum absolute atomic E-state index is 13.5. The second-order valence-corrected chi connectivity index (χ2v) is 5.71. The second-order valence-electron chi connectivity index (χ2n) is 4.86. The molecule has 2 rings (SSSR count). The molecule has 0 bridgehead atoms. The number of anilines is 1. The molecular weight excluding hydrogens is 331 g/mol. The molecule has 0 aliphatic carbocycles. The van der Waals surface area contributed by atoms with Gasteiger partial charge in [-0.05, 0) is 29.0 Å². The lowest BCUT2D eigenvalue weighted by Crippen LogP contribution is -2.55. The molecule has 1 aromatic carbocycles. The zero-order chi connectivity index (χ0) is 14.9. The molecule has 1 unspecified atom stereocenters. The van der Waals surface area contributed by atoms with Crippen LogP contribution in [0.1, 0.15) is 0 Å². The summed E-state index contributed by atoms with van der Waals surface area (Å²) in [6, 6.07) is 2.39. The van der Waals surface area contributed by atoms with E-state index in [-0.39, 0.29) is 16.2 Å². The minimum absolute atomic E-state index is 0.0233. The topological polar surface area (TPSA) is 75.6 Å².